The first kappa shape index (κ1) is 79.9. The van der Waals surface area contributed by atoms with E-state index in [9.17, 15) is 128 Å². The summed E-state index contributed by atoms with van der Waals surface area (Å²) < 4.78 is 72.6. The van der Waals surface area contributed by atoms with Crippen molar-refractivity contribution in [2.75, 3.05) is 52.9 Å². The third-order valence-electron chi connectivity index (χ3n) is 17.1. The van der Waals surface area contributed by atoms with Crippen molar-refractivity contribution in [1.29, 1.82) is 0 Å². The molecule has 0 amide bonds. The van der Waals surface area contributed by atoms with Crippen LogP contribution in [0.2, 0.25) is 0 Å². The summed E-state index contributed by atoms with van der Waals surface area (Å²) in [5, 5.41) is 271. The zero-order valence-electron chi connectivity index (χ0n) is 49.0. The number of aliphatic hydroxyl groups is 25. The van der Waals surface area contributed by atoms with Crippen molar-refractivity contribution >= 4 is 45.2 Å². The molecule has 40 atom stereocenters. The lowest BCUT2D eigenvalue weighted by Crippen LogP contribution is -2.66. The van der Waals surface area contributed by atoms with Crippen molar-refractivity contribution in [3.05, 3.63) is 0 Å². The fourth-order valence-electron chi connectivity index (χ4n) is 11.0. The van der Waals surface area contributed by atoms with Crippen LogP contribution in [0.1, 0.15) is 20.8 Å². The van der Waals surface area contributed by atoms with Gasteiger partial charge < -0.3 is 189 Å². The summed E-state index contributed by atoms with van der Waals surface area (Å²) in [6.45, 7) is -2.45. The largest absolute Gasteiger partial charge is 0.395 e. The third kappa shape index (κ3) is 18.5. The molecule has 23 unspecified atom stereocenters. The maximum atomic E-state index is 12.1. The Labute approximate surface area is 546 Å². The van der Waals surface area contributed by atoms with Gasteiger partial charge in [-0.15, -0.1) is 0 Å². The summed E-state index contributed by atoms with van der Waals surface area (Å²) in [6, 6.07) is 0. The van der Waals surface area contributed by atoms with Gasteiger partial charge in [-0.25, -0.2) is 0 Å². The second kappa shape index (κ2) is 35.8. The maximum absolute atomic E-state index is 12.1. The predicted octanol–water partition coefficient (Wildman–Crippen LogP) is -14.0. The number of hydrogen-bond donors (Lipinski definition) is 25. The highest BCUT2D eigenvalue weighted by atomic mass is 127. The van der Waals surface area contributed by atoms with E-state index in [0.717, 1.165) is 0 Å². The fourth-order valence-corrected chi connectivity index (χ4v) is 11.9. The van der Waals surface area contributed by atoms with Crippen LogP contribution in [0.4, 0.5) is 0 Å². The standard InChI is InChI=1S/C51H90I2O38/c1-12-14(3)81-19(8-58)40(23(12)60)89-47-13(2)24(61)41(20(9-59)84-47)90-51-39(76)42(87-46(78)44(34(71)26(63)16(53)5-55)88-45(77)35(72)31(68)25(62)15(52)4-54)29(66)22(86-51)11-80-49-38(75)43(91-50-37(74)33(70)28(65)18(7-57)83-50)30(67)21(85-49)10-79-48-36(73)32(69)27(64)17(6-56)82-48/h12-51,54-78H,4-11H2,1-3H3/t12-,13+,14?,15+,16+,17?,18+,19?,20?,21?,22?,23+,24?,25?,26-,27?,28?,29?,30?,31?,32+,33?,34?,35?,36-,37?,38-,39-,40?,41-,42+,43+,44?,45-,46-,47?,48?,49?,50-,51?/m1/s1. The molecule has 536 valence electrons. The van der Waals surface area contributed by atoms with Gasteiger partial charge in [0.25, 0.3) is 0 Å². The Kier molecular flexibility index (Phi) is 31.5. The van der Waals surface area contributed by atoms with E-state index in [-0.39, 0.29) is 0 Å². The minimum Gasteiger partial charge on any atom is -0.395 e. The second-order valence-electron chi connectivity index (χ2n) is 23.2. The molecular formula is C51H90I2O38. The van der Waals surface area contributed by atoms with Crippen LogP contribution in [0.3, 0.4) is 0 Å². The molecule has 40 heteroatoms. The average Bonchev–Trinajstić information content (AvgIpc) is 0.808. The van der Waals surface area contributed by atoms with Gasteiger partial charge in [-0.1, -0.05) is 59.0 Å². The van der Waals surface area contributed by atoms with Crippen LogP contribution in [0, 0.1) is 11.8 Å². The van der Waals surface area contributed by atoms with Crippen LogP contribution in [0.5, 0.6) is 0 Å². The molecule has 0 aromatic heterocycles. The minimum absolute atomic E-state index is 0.535. The average molecular weight is 1570 g/mol. The van der Waals surface area contributed by atoms with Gasteiger partial charge in [-0.2, -0.15) is 0 Å². The van der Waals surface area contributed by atoms with Crippen molar-refractivity contribution in [3.8, 4) is 0 Å². The van der Waals surface area contributed by atoms with Crippen molar-refractivity contribution in [2.45, 2.75) is 250 Å². The monoisotopic (exact) mass is 1560 g/mol. The molecule has 6 heterocycles. The van der Waals surface area contributed by atoms with Crippen molar-refractivity contribution in [1.82, 2.24) is 0 Å². The SMILES string of the molecule is CC1OC(CO)C(OC2OC(CO)[C@@H](OC3OC(COC4OC(COC5OC(CO)C(O)[C@H](O)[C@H]5O)C(O)[C@H](O[C@H]5O[C@@H](CO)C(O)C(O)C5O)[C@H]4O)C(O)[C@H](O[C@@H](O)C(O[C@@H](O)C(O)C(O)C(O)[C@@H](I)CO)C(O)[C@H](O)[C@@H](I)CO)[C@H]3O)C(O)[C@@H]2C)[C@@H](O)[C@@H]1C. The van der Waals surface area contributed by atoms with E-state index in [4.69, 9.17) is 61.6 Å². The highest BCUT2D eigenvalue weighted by Gasteiger charge is 2.57. The van der Waals surface area contributed by atoms with Crippen LogP contribution in [0.15, 0.2) is 0 Å². The molecule has 0 aliphatic carbocycles. The molecular weight excluding hydrogens is 1470 g/mol. The van der Waals surface area contributed by atoms with Gasteiger partial charge in [0, 0.05) is 11.8 Å². The van der Waals surface area contributed by atoms with Crippen LogP contribution in [0.25, 0.3) is 0 Å². The Balaban J connectivity index is 1.34. The van der Waals surface area contributed by atoms with Crippen molar-refractivity contribution < 1.29 is 189 Å². The third-order valence-corrected chi connectivity index (χ3v) is 19.3. The van der Waals surface area contributed by atoms with Crippen molar-refractivity contribution in [2.24, 2.45) is 11.8 Å². The van der Waals surface area contributed by atoms with Crippen LogP contribution in [-0.4, -0.2) is 409 Å². The van der Waals surface area contributed by atoms with E-state index in [0.29, 0.717) is 0 Å². The van der Waals surface area contributed by atoms with E-state index in [1.807, 2.05) is 0 Å². The first-order valence-electron chi connectivity index (χ1n) is 29.1. The quantitative estimate of drug-likeness (QED) is 0.0180. The number of ether oxygens (including phenoxy) is 13. The van der Waals surface area contributed by atoms with Gasteiger partial charge in [-0.3, -0.25) is 0 Å². The minimum atomic E-state index is -2.84. The summed E-state index contributed by atoms with van der Waals surface area (Å²) in [5.41, 5.74) is 0. The van der Waals surface area contributed by atoms with E-state index in [2.05, 4.69) is 0 Å². The molecule has 6 saturated heterocycles. The summed E-state index contributed by atoms with van der Waals surface area (Å²) >= 11 is 2.97. The molecule has 0 spiro atoms. The lowest BCUT2D eigenvalue weighted by molar-refractivity contribution is -0.385. The Bertz CT molecular complexity index is 2110. The van der Waals surface area contributed by atoms with Crippen LogP contribution >= 0.6 is 45.2 Å². The fraction of sp³-hybridized carbons (Fsp3) is 1.00. The summed E-state index contributed by atoms with van der Waals surface area (Å²) in [7, 11) is 0. The molecule has 0 saturated carbocycles. The van der Waals surface area contributed by atoms with E-state index < -0.39 is 294 Å². The Hall–Kier alpha value is -0.0600. The van der Waals surface area contributed by atoms with Gasteiger partial charge in [0.15, 0.2) is 44.0 Å². The highest BCUT2D eigenvalue weighted by molar-refractivity contribution is 14.1. The summed E-state index contributed by atoms with van der Waals surface area (Å²) in [4.78, 5) is 0. The van der Waals surface area contributed by atoms with Gasteiger partial charge in [0.2, 0.25) is 0 Å². The molecule has 0 aromatic carbocycles. The number of aliphatic hydroxyl groups excluding tert-OH is 25. The lowest BCUT2D eigenvalue weighted by Gasteiger charge is -2.49. The molecule has 6 fully saturated rings. The molecule has 0 bridgehead atoms. The van der Waals surface area contributed by atoms with E-state index in [1.54, 1.807) is 13.8 Å². The Morgan fingerprint density at radius 3 is 1.24 bits per heavy atom. The zero-order chi connectivity index (χ0) is 67.9. The number of hydrogen-bond acceptors (Lipinski definition) is 38. The van der Waals surface area contributed by atoms with Gasteiger partial charge in [-0.05, 0) is 6.92 Å². The molecule has 0 aromatic rings. The Morgan fingerprint density at radius 2 is 0.725 bits per heavy atom. The summed E-state index contributed by atoms with van der Waals surface area (Å²) in [5.74, 6) is -1.73. The second-order valence-corrected chi connectivity index (χ2v) is 26.4. The zero-order valence-corrected chi connectivity index (χ0v) is 53.3. The van der Waals surface area contributed by atoms with Crippen LogP contribution < -0.4 is 0 Å². The molecule has 38 nitrogen and oxygen atoms in total. The predicted molar refractivity (Wildman–Crippen MR) is 304 cm³/mol. The molecule has 91 heavy (non-hydrogen) atoms. The topological polar surface area (TPSA) is 626 Å². The molecule has 25 N–H and O–H groups in total. The Morgan fingerprint density at radius 1 is 0.341 bits per heavy atom. The molecule has 0 radical (unpaired) electrons. The maximum Gasteiger partial charge on any atom is 0.187 e. The highest BCUT2D eigenvalue weighted by Crippen LogP contribution is 2.38. The summed E-state index contributed by atoms with van der Waals surface area (Å²) in [6.07, 6.45) is -71.7. The van der Waals surface area contributed by atoms with Gasteiger partial charge >= 0.3 is 0 Å². The number of rotatable bonds is 30. The lowest BCUT2D eigenvalue weighted by atomic mass is 9.88. The molecule has 6 aliphatic rings. The number of alkyl halides is 2. The van der Waals surface area contributed by atoms with Gasteiger partial charge in [0.05, 0.1) is 91.2 Å². The van der Waals surface area contributed by atoms with E-state index in [1.165, 1.54) is 52.1 Å². The van der Waals surface area contributed by atoms with E-state index >= 15 is 0 Å². The molecule has 6 aliphatic heterocycles. The smallest absolute Gasteiger partial charge is 0.187 e. The first-order valence-corrected chi connectivity index (χ1v) is 31.6. The first-order chi connectivity index (χ1) is 42.8. The number of halogens is 2. The normalized spacial score (nSPS) is 46.1. The molecule has 6 rings (SSSR count). The van der Waals surface area contributed by atoms with Gasteiger partial charge in [0.1, 0.15) is 146 Å². The van der Waals surface area contributed by atoms with Crippen LogP contribution in [-0.2, 0) is 61.6 Å². The van der Waals surface area contributed by atoms with Crippen molar-refractivity contribution in [3.63, 3.8) is 0 Å².